The van der Waals surface area contributed by atoms with Crippen molar-refractivity contribution in [2.24, 2.45) is 0 Å². The van der Waals surface area contributed by atoms with Crippen LogP contribution < -0.4 is 15.4 Å². The molecule has 5 nitrogen and oxygen atoms in total. The average Bonchev–Trinajstić information content (AvgIpc) is 2.66. The third-order valence-corrected chi connectivity index (χ3v) is 4.13. The fraction of sp³-hybridized carbons (Fsp3) is 0.0526. The van der Waals surface area contributed by atoms with Gasteiger partial charge in [0.1, 0.15) is 11.6 Å². The van der Waals surface area contributed by atoms with Crippen LogP contribution in [0.25, 0.3) is 0 Å². The molecular weight excluding hydrogens is 373 g/mol. The number of methoxy groups -OCH3 is 1. The number of hydrogen-bond donors (Lipinski definition) is 2. The van der Waals surface area contributed by atoms with Gasteiger partial charge in [-0.2, -0.15) is 0 Å². The first-order valence-electron chi connectivity index (χ1n) is 7.69. The van der Waals surface area contributed by atoms with Gasteiger partial charge in [0.05, 0.1) is 23.4 Å². The zero-order chi connectivity index (χ0) is 18.5. The number of carbonyl (C=O) groups excluding carboxylic acids is 1. The number of benzene rings is 2. The molecule has 0 unspecified atom stereocenters. The zero-order valence-electron chi connectivity index (χ0n) is 13.8. The molecule has 1 heterocycles. The Morgan fingerprint density at radius 2 is 1.81 bits per heavy atom. The third kappa shape index (κ3) is 4.45. The summed E-state index contributed by atoms with van der Waals surface area (Å²) >= 11 is 12.1. The standard InChI is InChI=1S/C19H15Cl2N3O2/c1-26-15-6-4-14(5-7-15)23-19(25)12-2-9-18(22-11-12)24-17-10-13(20)3-8-16(17)21/h2-11H,1H3,(H,22,24)(H,23,25). The van der Waals surface area contributed by atoms with Crippen LogP contribution in [0.2, 0.25) is 10.0 Å². The number of aromatic nitrogens is 1. The Labute approximate surface area is 160 Å². The summed E-state index contributed by atoms with van der Waals surface area (Å²) in [5.41, 5.74) is 1.74. The second kappa shape index (κ2) is 8.08. The van der Waals surface area contributed by atoms with E-state index in [1.165, 1.54) is 6.20 Å². The lowest BCUT2D eigenvalue weighted by Crippen LogP contribution is -2.12. The number of nitrogens with one attached hydrogen (secondary N) is 2. The minimum absolute atomic E-state index is 0.255. The summed E-state index contributed by atoms with van der Waals surface area (Å²) in [5.74, 6) is 1.02. The monoisotopic (exact) mass is 387 g/mol. The molecule has 0 fully saturated rings. The first-order valence-corrected chi connectivity index (χ1v) is 8.44. The first-order chi connectivity index (χ1) is 12.5. The van der Waals surface area contributed by atoms with E-state index in [2.05, 4.69) is 15.6 Å². The summed E-state index contributed by atoms with van der Waals surface area (Å²) in [5, 5.41) is 6.96. The molecule has 0 bridgehead atoms. The number of hydrogen-bond acceptors (Lipinski definition) is 4. The lowest BCUT2D eigenvalue weighted by Gasteiger charge is -2.09. The summed E-state index contributed by atoms with van der Waals surface area (Å²) in [6.45, 7) is 0. The van der Waals surface area contributed by atoms with E-state index in [1.54, 1.807) is 61.7 Å². The molecule has 0 atom stereocenters. The number of rotatable bonds is 5. The van der Waals surface area contributed by atoms with Crippen molar-refractivity contribution in [2.75, 3.05) is 17.7 Å². The predicted molar refractivity (Wildman–Crippen MR) is 105 cm³/mol. The average molecular weight is 388 g/mol. The molecule has 1 amide bonds. The number of amides is 1. The molecule has 3 rings (SSSR count). The van der Waals surface area contributed by atoms with Gasteiger partial charge in [-0.1, -0.05) is 23.2 Å². The molecular formula is C19H15Cl2N3O2. The maximum absolute atomic E-state index is 12.3. The normalized spacial score (nSPS) is 10.3. The van der Waals surface area contributed by atoms with Crippen molar-refractivity contribution in [1.82, 2.24) is 4.98 Å². The van der Waals surface area contributed by atoms with Crippen LogP contribution in [-0.2, 0) is 0 Å². The largest absolute Gasteiger partial charge is 0.497 e. The van der Waals surface area contributed by atoms with E-state index < -0.39 is 0 Å². The Hall–Kier alpha value is -2.76. The molecule has 7 heteroatoms. The molecule has 0 aliphatic rings. The Bertz CT molecular complexity index is 913. The van der Waals surface area contributed by atoms with Crippen molar-refractivity contribution >= 4 is 46.3 Å². The van der Waals surface area contributed by atoms with Crippen LogP contribution in [0.15, 0.2) is 60.8 Å². The van der Waals surface area contributed by atoms with Gasteiger partial charge in [-0.05, 0) is 54.6 Å². The fourth-order valence-corrected chi connectivity index (χ4v) is 2.55. The predicted octanol–water partition coefficient (Wildman–Crippen LogP) is 5.39. The topological polar surface area (TPSA) is 63.2 Å². The Balaban J connectivity index is 1.68. The second-order valence-electron chi connectivity index (χ2n) is 5.36. The molecule has 0 saturated heterocycles. The van der Waals surface area contributed by atoms with Crippen molar-refractivity contribution in [3.63, 3.8) is 0 Å². The molecule has 0 aliphatic carbocycles. The fourth-order valence-electron chi connectivity index (χ4n) is 2.21. The van der Waals surface area contributed by atoms with Crippen molar-refractivity contribution < 1.29 is 9.53 Å². The highest BCUT2D eigenvalue weighted by atomic mass is 35.5. The quantitative estimate of drug-likeness (QED) is 0.615. The lowest BCUT2D eigenvalue weighted by atomic mass is 10.2. The molecule has 0 spiro atoms. The van der Waals surface area contributed by atoms with Crippen molar-refractivity contribution in [2.45, 2.75) is 0 Å². The number of halogens is 2. The van der Waals surface area contributed by atoms with Gasteiger partial charge in [0, 0.05) is 16.9 Å². The van der Waals surface area contributed by atoms with Gasteiger partial charge in [0.2, 0.25) is 0 Å². The van der Waals surface area contributed by atoms with Gasteiger partial charge >= 0.3 is 0 Å². The van der Waals surface area contributed by atoms with Gasteiger partial charge in [-0.3, -0.25) is 4.79 Å². The Morgan fingerprint density at radius 1 is 1.04 bits per heavy atom. The van der Waals surface area contributed by atoms with Crippen LogP contribution in [0.3, 0.4) is 0 Å². The minimum atomic E-state index is -0.255. The molecule has 132 valence electrons. The molecule has 3 aromatic rings. The van der Waals surface area contributed by atoms with Crippen LogP contribution in [0, 0.1) is 0 Å². The van der Waals surface area contributed by atoms with Gasteiger partial charge in [0.25, 0.3) is 5.91 Å². The molecule has 0 aliphatic heterocycles. The summed E-state index contributed by atoms with van der Waals surface area (Å²) in [6, 6.07) is 15.5. The molecule has 0 radical (unpaired) electrons. The number of anilines is 3. The summed E-state index contributed by atoms with van der Waals surface area (Å²) < 4.78 is 5.09. The maximum atomic E-state index is 12.3. The van der Waals surface area contributed by atoms with E-state index >= 15 is 0 Å². The Kier molecular flexibility index (Phi) is 5.61. The highest BCUT2D eigenvalue weighted by Crippen LogP contribution is 2.27. The minimum Gasteiger partial charge on any atom is -0.497 e. The maximum Gasteiger partial charge on any atom is 0.257 e. The molecule has 1 aromatic heterocycles. The lowest BCUT2D eigenvalue weighted by molar-refractivity contribution is 0.102. The number of ether oxygens (including phenoxy) is 1. The summed E-state index contributed by atoms with van der Waals surface area (Å²) in [7, 11) is 1.59. The Morgan fingerprint density at radius 3 is 2.46 bits per heavy atom. The van der Waals surface area contributed by atoms with Crippen molar-refractivity contribution in [3.8, 4) is 5.75 Å². The smallest absolute Gasteiger partial charge is 0.257 e. The van der Waals surface area contributed by atoms with E-state index in [4.69, 9.17) is 27.9 Å². The van der Waals surface area contributed by atoms with E-state index in [1.807, 2.05) is 0 Å². The summed E-state index contributed by atoms with van der Waals surface area (Å²) in [4.78, 5) is 16.5. The third-order valence-electron chi connectivity index (χ3n) is 3.56. The molecule has 0 saturated carbocycles. The number of pyridine rings is 1. The van der Waals surface area contributed by atoms with E-state index in [9.17, 15) is 4.79 Å². The summed E-state index contributed by atoms with van der Waals surface area (Å²) in [6.07, 6.45) is 1.49. The van der Waals surface area contributed by atoms with Crippen LogP contribution >= 0.6 is 23.2 Å². The SMILES string of the molecule is COc1ccc(NC(=O)c2ccc(Nc3cc(Cl)ccc3Cl)nc2)cc1. The van der Waals surface area contributed by atoms with Crippen LogP contribution in [0.4, 0.5) is 17.2 Å². The van der Waals surface area contributed by atoms with Crippen LogP contribution in [0.1, 0.15) is 10.4 Å². The van der Waals surface area contributed by atoms with E-state index in [0.717, 1.165) is 5.75 Å². The second-order valence-corrected chi connectivity index (χ2v) is 6.21. The molecule has 26 heavy (non-hydrogen) atoms. The van der Waals surface area contributed by atoms with E-state index in [0.29, 0.717) is 32.8 Å². The van der Waals surface area contributed by atoms with Gasteiger partial charge in [0.15, 0.2) is 0 Å². The molecule has 2 N–H and O–H groups in total. The number of carbonyl (C=O) groups is 1. The van der Waals surface area contributed by atoms with Gasteiger partial charge in [-0.15, -0.1) is 0 Å². The van der Waals surface area contributed by atoms with Gasteiger partial charge in [-0.25, -0.2) is 4.98 Å². The zero-order valence-corrected chi connectivity index (χ0v) is 15.3. The first kappa shape index (κ1) is 18.0. The van der Waals surface area contributed by atoms with E-state index in [-0.39, 0.29) is 5.91 Å². The van der Waals surface area contributed by atoms with Gasteiger partial charge < -0.3 is 15.4 Å². The highest BCUT2D eigenvalue weighted by Gasteiger charge is 2.08. The number of nitrogens with zero attached hydrogens (tertiary/aromatic N) is 1. The highest BCUT2D eigenvalue weighted by molar-refractivity contribution is 6.35. The van der Waals surface area contributed by atoms with Crippen LogP contribution in [0.5, 0.6) is 5.75 Å². The van der Waals surface area contributed by atoms with Crippen molar-refractivity contribution in [1.29, 1.82) is 0 Å². The molecule has 2 aromatic carbocycles. The van der Waals surface area contributed by atoms with Crippen LogP contribution in [-0.4, -0.2) is 18.0 Å². The van der Waals surface area contributed by atoms with Crippen molar-refractivity contribution in [3.05, 3.63) is 76.4 Å².